The van der Waals surface area contributed by atoms with E-state index >= 15 is 0 Å². The molecular formula is C20H19N5O4S. The summed E-state index contributed by atoms with van der Waals surface area (Å²) in [6, 6.07) is 14.4. The summed E-state index contributed by atoms with van der Waals surface area (Å²) in [5.41, 5.74) is 6.85. The molecule has 2 amide bonds. The van der Waals surface area contributed by atoms with Crippen LogP contribution in [0.3, 0.4) is 0 Å². The van der Waals surface area contributed by atoms with Crippen molar-refractivity contribution in [3.8, 4) is 22.9 Å². The monoisotopic (exact) mass is 425 g/mol. The number of carbonyl (C=O) groups excluding carboxylic acids is 2. The van der Waals surface area contributed by atoms with E-state index in [2.05, 4.69) is 15.2 Å². The maximum atomic E-state index is 12.9. The quantitative estimate of drug-likeness (QED) is 0.578. The Hall–Kier alpha value is -3.53. The second-order valence-electron chi connectivity index (χ2n) is 6.46. The molecule has 1 aliphatic heterocycles. The highest BCUT2D eigenvalue weighted by atomic mass is 32.2. The van der Waals surface area contributed by atoms with Crippen molar-refractivity contribution in [1.29, 1.82) is 0 Å². The van der Waals surface area contributed by atoms with Crippen molar-refractivity contribution in [2.45, 2.75) is 11.3 Å². The summed E-state index contributed by atoms with van der Waals surface area (Å²) >= 11 is 1.20. The van der Waals surface area contributed by atoms with E-state index in [1.807, 2.05) is 24.3 Å². The zero-order valence-corrected chi connectivity index (χ0v) is 16.9. The first kappa shape index (κ1) is 19.8. The molecule has 0 saturated heterocycles. The van der Waals surface area contributed by atoms with Gasteiger partial charge in [-0.05, 0) is 36.4 Å². The Kier molecular flexibility index (Phi) is 5.57. The number of ether oxygens (including phenoxy) is 2. The number of amides is 2. The number of aromatic nitrogens is 3. The minimum atomic E-state index is -0.890. The zero-order chi connectivity index (χ0) is 21.1. The fourth-order valence-electron chi connectivity index (χ4n) is 3.01. The SMILES string of the molecule is COc1ccc(-c2nc(SCC(=O)N3CC(C(N)=O)Oc4ccccc43)n[nH]2)cc1. The van der Waals surface area contributed by atoms with Gasteiger partial charge in [0.25, 0.3) is 5.91 Å². The maximum absolute atomic E-state index is 12.9. The summed E-state index contributed by atoms with van der Waals surface area (Å²) in [6.07, 6.45) is -0.890. The third kappa shape index (κ3) is 4.08. The first-order valence-electron chi connectivity index (χ1n) is 9.10. The molecule has 9 nitrogen and oxygen atoms in total. The van der Waals surface area contributed by atoms with E-state index in [4.69, 9.17) is 15.2 Å². The number of para-hydroxylation sites is 2. The van der Waals surface area contributed by atoms with Gasteiger partial charge in [0.05, 0.1) is 25.1 Å². The summed E-state index contributed by atoms with van der Waals surface area (Å²) in [5, 5.41) is 7.48. The van der Waals surface area contributed by atoms with Crippen LogP contribution in [0.2, 0.25) is 0 Å². The van der Waals surface area contributed by atoms with Crippen LogP contribution in [0.5, 0.6) is 11.5 Å². The minimum Gasteiger partial charge on any atom is -0.497 e. The van der Waals surface area contributed by atoms with Crippen LogP contribution in [0.15, 0.2) is 53.7 Å². The number of hydrogen-bond donors (Lipinski definition) is 2. The normalized spacial score (nSPS) is 15.2. The highest BCUT2D eigenvalue weighted by Gasteiger charge is 2.32. The number of nitrogens with one attached hydrogen (secondary N) is 1. The average molecular weight is 425 g/mol. The number of thioether (sulfide) groups is 1. The third-order valence-electron chi connectivity index (χ3n) is 4.55. The molecule has 1 unspecified atom stereocenters. The van der Waals surface area contributed by atoms with Gasteiger partial charge in [0.1, 0.15) is 11.5 Å². The molecule has 2 heterocycles. The molecule has 30 heavy (non-hydrogen) atoms. The molecule has 10 heteroatoms. The van der Waals surface area contributed by atoms with Crippen molar-refractivity contribution in [3.05, 3.63) is 48.5 Å². The average Bonchev–Trinajstić information content (AvgIpc) is 3.25. The van der Waals surface area contributed by atoms with Crippen LogP contribution in [-0.2, 0) is 9.59 Å². The number of methoxy groups -OCH3 is 1. The third-order valence-corrected chi connectivity index (χ3v) is 5.38. The smallest absolute Gasteiger partial charge is 0.260 e. The van der Waals surface area contributed by atoms with Crippen molar-refractivity contribution in [3.63, 3.8) is 0 Å². The second-order valence-corrected chi connectivity index (χ2v) is 7.41. The van der Waals surface area contributed by atoms with Gasteiger partial charge in [-0.25, -0.2) is 4.98 Å². The highest BCUT2D eigenvalue weighted by Crippen LogP contribution is 2.33. The molecule has 1 aromatic heterocycles. The molecule has 3 aromatic rings. The Labute approximate surface area is 176 Å². The fraction of sp³-hybridized carbons (Fsp3) is 0.200. The lowest BCUT2D eigenvalue weighted by atomic mass is 10.2. The predicted molar refractivity (Wildman–Crippen MR) is 112 cm³/mol. The minimum absolute atomic E-state index is 0.0663. The Morgan fingerprint density at radius 1 is 1.27 bits per heavy atom. The number of carbonyl (C=O) groups is 2. The Balaban J connectivity index is 1.44. The number of anilines is 1. The number of fused-ring (bicyclic) bond motifs is 1. The van der Waals surface area contributed by atoms with Gasteiger partial charge in [-0.3, -0.25) is 14.7 Å². The first-order chi connectivity index (χ1) is 14.5. The summed E-state index contributed by atoms with van der Waals surface area (Å²) in [6.45, 7) is 0.0663. The Morgan fingerprint density at radius 2 is 2.03 bits per heavy atom. The van der Waals surface area contributed by atoms with E-state index in [1.54, 1.807) is 31.4 Å². The summed E-state index contributed by atoms with van der Waals surface area (Å²) < 4.78 is 10.7. The Morgan fingerprint density at radius 3 is 2.77 bits per heavy atom. The molecule has 0 saturated carbocycles. The standard InChI is InChI=1S/C20H19N5O4S/c1-28-13-8-6-12(7-9-13)19-22-20(24-23-19)30-11-17(26)25-10-16(18(21)27)29-15-5-3-2-4-14(15)25/h2-9,16H,10-11H2,1H3,(H2,21,27)(H,22,23,24). The van der Waals surface area contributed by atoms with Crippen LogP contribution >= 0.6 is 11.8 Å². The number of nitrogens with zero attached hydrogens (tertiary/aromatic N) is 3. The molecule has 4 rings (SSSR count). The van der Waals surface area contributed by atoms with Gasteiger partial charge in [0.15, 0.2) is 11.9 Å². The number of H-pyrrole nitrogens is 1. The van der Waals surface area contributed by atoms with Crippen molar-refractivity contribution in [2.75, 3.05) is 24.3 Å². The van der Waals surface area contributed by atoms with E-state index in [0.29, 0.717) is 22.4 Å². The molecule has 1 aliphatic rings. The lowest BCUT2D eigenvalue weighted by Gasteiger charge is -2.33. The van der Waals surface area contributed by atoms with Crippen molar-refractivity contribution in [2.24, 2.45) is 5.73 Å². The molecule has 154 valence electrons. The number of aromatic amines is 1. The molecule has 0 aliphatic carbocycles. The highest BCUT2D eigenvalue weighted by molar-refractivity contribution is 7.99. The zero-order valence-electron chi connectivity index (χ0n) is 16.1. The van der Waals surface area contributed by atoms with Gasteiger partial charge in [0, 0.05) is 5.56 Å². The van der Waals surface area contributed by atoms with Crippen LogP contribution in [0.25, 0.3) is 11.4 Å². The Bertz CT molecular complexity index is 1070. The lowest BCUT2D eigenvalue weighted by molar-refractivity contribution is -0.125. The van der Waals surface area contributed by atoms with E-state index in [0.717, 1.165) is 11.3 Å². The topological polar surface area (TPSA) is 123 Å². The van der Waals surface area contributed by atoms with Gasteiger partial charge in [0.2, 0.25) is 11.1 Å². The van der Waals surface area contributed by atoms with E-state index in [-0.39, 0.29) is 18.2 Å². The molecule has 0 spiro atoms. The summed E-state index contributed by atoms with van der Waals surface area (Å²) in [4.78, 5) is 30.4. The molecule has 2 aromatic carbocycles. The summed E-state index contributed by atoms with van der Waals surface area (Å²) in [5.74, 6) is 1.08. The van der Waals surface area contributed by atoms with Crippen molar-refractivity contribution >= 4 is 29.3 Å². The van der Waals surface area contributed by atoms with Gasteiger partial charge in [-0.2, -0.15) is 0 Å². The number of rotatable bonds is 6. The van der Waals surface area contributed by atoms with E-state index in [9.17, 15) is 9.59 Å². The first-order valence-corrected chi connectivity index (χ1v) is 10.1. The largest absolute Gasteiger partial charge is 0.497 e. The van der Waals surface area contributed by atoms with Crippen molar-refractivity contribution in [1.82, 2.24) is 15.2 Å². The fourth-order valence-corrected chi connectivity index (χ4v) is 3.69. The summed E-state index contributed by atoms with van der Waals surface area (Å²) in [7, 11) is 1.60. The van der Waals surface area contributed by atoms with Crippen molar-refractivity contribution < 1.29 is 19.1 Å². The maximum Gasteiger partial charge on any atom is 0.260 e. The molecule has 0 fully saturated rings. The van der Waals surface area contributed by atoms with Crippen LogP contribution in [0.1, 0.15) is 0 Å². The predicted octanol–water partition coefficient (Wildman–Crippen LogP) is 1.85. The van der Waals surface area contributed by atoms with Crippen LogP contribution in [0, 0.1) is 0 Å². The number of benzene rings is 2. The number of nitrogens with two attached hydrogens (primary N) is 1. The molecule has 0 radical (unpaired) electrons. The van der Waals surface area contributed by atoms with Gasteiger partial charge in [-0.1, -0.05) is 23.9 Å². The number of hydrogen-bond acceptors (Lipinski definition) is 7. The van der Waals surface area contributed by atoms with E-state index < -0.39 is 12.0 Å². The molecular weight excluding hydrogens is 406 g/mol. The van der Waals surface area contributed by atoms with Gasteiger partial charge < -0.3 is 20.1 Å². The van der Waals surface area contributed by atoms with Crippen LogP contribution in [-0.4, -0.2) is 52.5 Å². The lowest BCUT2D eigenvalue weighted by Crippen LogP contribution is -2.49. The van der Waals surface area contributed by atoms with Gasteiger partial charge in [-0.15, -0.1) is 5.10 Å². The molecule has 3 N–H and O–H groups in total. The van der Waals surface area contributed by atoms with Gasteiger partial charge >= 0.3 is 0 Å². The van der Waals surface area contributed by atoms with Crippen LogP contribution < -0.4 is 20.1 Å². The number of primary amides is 1. The van der Waals surface area contributed by atoms with E-state index in [1.165, 1.54) is 16.7 Å². The molecule has 1 atom stereocenters. The second kappa shape index (κ2) is 8.46. The molecule has 0 bridgehead atoms. The van der Waals surface area contributed by atoms with Crippen LogP contribution in [0.4, 0.5) is 5.69 Å².